The summed E-state index contributed by atoms with van der Waals surface area (Å²) in [6, 6.07) is 3.29. The van der Waals surface area contributed by atoms with Crippen molar-refractivity contribution in [2.75, 3.05) is 18.8 Å². The maximum Gasteiger partial charge on any atom is 0.250 e. The molecule has 25 heavy (non-hydrogen) atoms. The zero-order valence-corrected chi connectivity index (χ0v) is 17.4. The van der Waals surface area contributed by atoms with Gasteiger partial charge in [-0.2, -0.15) is 0 Å². The van der Waals surface area contributed by atoms with Crippen LogP contribution in [0.1, 0.15) is 37.5 Å². The Hall–Kier alpha value is -0.230. The van der Waals surface area contributed by atoms with Gasteiger partial charge in [-0.15, -0.1) is 23.7 Å². The number of nitrogens with one attached hydrogen (secondary N) is 2. The maximum absolute atomic E-state index is 12.6. The quantitative estimate of drug-likeness (QED) is 0.542. The highest BCUT2D eigenvalue weighted by molar-refractivity contribution is 7.91. The smallest absolute Gasteiger partial charge is 0.250 e. The van der Waals surface area contributed by atoms with Crippen molar-refractivity contribution < 1.29 is 16.8 Å². The SMILES string of the molecule is CCS(=O)(=O)NCCc1ccc(S(=O)(=O)NC2(CN)CCCC2)s1.Cl. The summed E-state index contributed by atoms with van der Waals surface area (Å²) in [6.45, 7) is 2.12. The second-order valence-corrected chi connectivity index (χ2v) is 11.2. The molecule has 0 amide bonds. The van der Waals surface area contributed by atoms with Crippen molar-refractivity contribution in [3.05, 3.63) is 17.0 Å². The van der Waals surface area contributed by atoms with Gasteiger partial charge < -0.3 is 5.73 Å². The van der Waals surface area contributed by atoms with E-state index in [1.165, 1.54) is 0 Å². The van der Waals surface area contributed by atoms with E-state index >= 15 is 0 Å². The zero-order chi connectivity index (χ0) is 17.8. The summed E-state index contributed by atoms with van der Waals surface area (Å²) in [6.07, 6.45) is 3.95. The minimum atomic E-state index is -3.60. The Morgan fingerprint density at radius 3 is 2.40 bits per heavy atom. The molecule has 0 atom stereocenters. The summed E-state index contributed by atoms with van der Waals surface area (Å²) in [4.78, 5) is 0.822. The highest BCUT2D eigenvalue weighted by Gasteiger charge is 2.37. The summed E-state index contributed by atoms with van der Waals surface area (Å²) in [5, 5.41) is 0. The van der Waals surface area contributed by atoms with Crippen LogP contribution >= 0.6 is 23.7 Å². The molecule has 1 aromatic rings. The Kier molecular flexibility index (Phi) is 8.32. The van der Waals surface area contributed by atoms with E-state index in [4.69, 9.17) is 5.73 Å². The van der Waals surface area contributed by atoms with Crippen molar-refractivity contribution >= 4 is 43.8 Å². The number of sulfonamides is 2. The van der Waals surface area contributed by atoms with Crippen molar-refractivity contribution in [2.45, 2.75) is 48.8 Å². The largest absolute Gasteiger partial charge is 0.329 e. The van der Waals surface area contributed by atoms with E-state index in [9.17, 15) is 16.8 Å². The van der Waals surface area contributed by atoms with Crippen molar-refractivity contribution in [2.24, 2.45) is 5.73 Å². The third kappa shape index (κ3) is 6.16. The van der Waals surface area contributed by atoms with Gasteiger partial charge in [0.2, 0.25) is 10.0 Å². The highest BCUT2D eigenvalue weighted by Crippen LogP contribution is 2.31. The molecule has 0 spiro atoms. The van der Waals surface area contributed by atoms with E-state index < -0.39 is 25.6 Å². The Balaban J connectivity index is 0.00000312. The Morgan fingerprint density at radius 2 is 1.84 bits per heavy atom. The lowest BCUT2D eigenvalue weighted by Crippen LogP contribution is -2.51. The molecule has 1 aliphatic carbocycles. The molecule has 0 saturated heterocycles. The van der Waals surface area contributed by atoms with Gasteiger partial charge in [0.25, 0.3) is 10.0 Å². The lowest BCUT2D eigenvalue weighted by molar-refractivity contribution is 0.400. The van der Waals surface area contributed by atoms with E-state index in [1.807, 2.05) is 0 Å². The summed E-state index contributed by atoms with van der Waals surface area (Å²) in [5.74, 6) is 0.0299. The Morgan fingerprint density at radius 1 is 1.20 bits per heavy atom. The van der Waals surface area contributed by atoms with Gasteiger partial charge in [-0.1, -0.05) is 12.8 Å². The molecular weight excluding hydrogens is 406 g/mol. The second-order valence-electron chi connectivity index (χ2n) is 6.07. The van der Waals surface area contributed by atoms with Crippen LogP contribution in [0.3, 0.4) is 0 Å². The first-order chi connectivity index (χ1) is 11.2. The van der Waals surface area contributed by atoms with Crippen LogP contribution < -0.4 is 15.2 Å². The van der Waals surface area contributed by atoms with Crippen molar-refractivity contribution in [1.82, 2.24) is 9.44 Å². The molecule has 1 aromatic heterocycles. The minimum Gasteiger partial charge on any atom is -0.329 e. The monoisotopic (exact) mass is 431 g/mol. The fraction of sp³-hybridized carbons (Fsp3) is 0.714. The summed E-state index contributed by atoms with van der Waals surface area (Å²) in [7, 11) is -6.83. The van der Waals surface area contributed by atoms with Crippen LogP contribution in [0.5, 0.6) is 0 Å². The molecule has 1 heterocycles. The first-order valence-electron chi connectivity index (χ1n) is 8.02. The molecule has 1 aliphatic rings. The summed E-state index contributed by atoms with van der Waals surface area (Å²) >= 11 is 1.16. The lowest BCUT2D eigenvalue weighted by atomic mass is 10.0. The molecule has 1 fully saturated rings. The van der Waals surface area contributed by atoms with Gasteiger partial charge in [0.05, 0.1) is 5.75 Å². The minimum absolute atomic E-state index is 0. The molecule has 4 N–H and O–H groups in total. The Labute approximate surface area is 160 Å². The van der Waals surface area contributed by atoms with Gasteiger partial charge in [-0.25, -0.2) is 26.3 Å². The van der Waals surface area contributed by atoms with Gasteiger partial charge in [0.15, 0.2) is 0 Å². The first-order valence-corrected chi connectivity index (χ1v) is 12.0. The number of thiophene rings is 1. The van der Waals surface area contributed by atoms with Gasteiger partial charge in [-0.05, 0) is 38.3 Å². The van der Waals surface area contributed by atoms with Crippen LogP contribution in [0.15, 0.2) is 16.3 Å². The average Bonchev–Trinajstić information content (AvgIpc) is 3.17. The highest BCUT2D eigenvalue weighted by atomic mass is 35.5. The molecule has 0 aromatic carbocycles. The molecule has 0 radical (unpaired) electrons. The maximum atomic E-state index is 12.6. The fourth-order valence-corrected chi connectivity index (χ4v) is 6.25. The summed E-state index contributed by atoms with van der Waals surface area (Å²) in [5.41, 5.74) is 5.26. The van der Waals surface area contributed by atoms with Gasteiger partial charge in [0, 0.05) is 23.5 Å². The normalized spacial score (nSPS) is 17.4. The van der Waals surface area contributed by atoms with Crippen LogP contribution in [0, 0.1) is 0 Å². The fourth-order valence-electron chi connectivity index (χ4n) is 2.80. The zero-order valence-electron chi connectivity index (χ0n) is 14.2. The molecule has 7 nitrogen and oxygen atoms in total. The molecule has 0 bridgehead atoms. The van der Waals surface area contributed by atoms with Gasteiger partial charge >= 0.3 is 0 Å². The number of hydrogen-bond donors (Lipinski definition) is 3. The standard InChI is InChI=1S/C14H25N3O4S3.ClH/c1-2-23(18,19)16-10-7-12-5-6-13(22-12)24(20,21)17-14(11-15)8-3-4-9-14;/h5-6,16-17H,2-4,7-11,15H2,1H3;1H. The third-order valence-electron chi connectivity index (χ3n) is 4.28. The summed E-state index contributed by atoms with van der Waals surface area (Å²) < 4.78 is 53.4. The van der Waals surface area contributed by atoms with Crippen LogP contribution in [0.4, 0.5) is 0 Å². The van der Waals surface area contributed by atoms with Crippen molar-refractivity contribution in [3.63, 3.8) is 0 Å². The van der Waals surface area contributed by atoms with Crippen LogP contribution in [-0.4, -0.2) is 41.2 Å². The van der Waals surface area contributed by atoms with Crippen LogP contribution in [0.2, 0.25) is 0 Å². The molecule has 146 valence electrons. The van der Waals surface area contributed by atoms with E-state index in [0.717, 1.165) is 41.9 Å². The average molecular weight is 432 g/mol. The van der Waals surface area contributed by atoms with E-state index in [2.05, 4.69) is 9.44 Å². The number of nitrogens with two attached hydrogens (primary N) is 1. The van der Waals surface area contributed by atoms with E-state index in [0.29, 0.717) is 13.0 Å². The van der Waals surface area contributed by atoms with Gasteiger partial charge in [0.1, 0.15) is 4.21 Å². The first kappa shape index (κ1) is 22.8. The van der Waals surface area contributed by atoms with E-state index in [-0.39, 0.29) is 28.9 Å². The van der Waals surface area contributed by atoms with Crippen molar-refractivity contribution in [3.8, 4) is 0 Å². The van der Waals surface area contributed by atoms with Crippen molar-refractivity contribution in [1.29, 1.82) is 0 Å². The number of hydrogen-bond acceptors (Lipinski definition) is 6. The molecular formula is C14H26ClN3O4S3. The molecule has 11 heteroatoms. The third-order valence-corrected chi connectivity index (χ3v) is 8.90. The molecule has 0 unspecified atom stereocenters. The molecule has 0 aliphatic heterocycles. The van der Waals surface area contributed by atoms with E-state index in [1.54, 1.807) is 19.1 Å². The Bertz CT molecular complexity index is 756. The van der Waals surface area contributed by atoms with Gasteiger partial charge in [-0.3, -0.25) is 0 Å². The predicted molar refractivity (Wildman–Crippen MR) is 103 cm³/mol. The number of rotatable bonds is 9. The lowest BCUT2D eigenvalue weighted by Gasteiger charge is -2.27. The topological polar surface area (TPSA) is 118 Å². The number of halogens is 1. The van der Waals surface area contributed by atoms with Crippen LogP contribution in [-0.2, 0) is 26.5 Å². The molecule has 2 rings (SSSR count). The predicted octanol–water partition coefficient (Wildman–Crippen LogP) is 1.20. The van der Waals surface area contributed by atoms with Crippen LogP contribution in [0.25, 0.3) is 0 Å². The second kappa shape index (κ2) is 9.12. The molecule has 1 saturated carbocycles.